The average molecular weight is 159 g/mol. The van der Waals surface area contributed by atoms with Gasteiger partial charge in [0.05, 0.1) is 19.1 Å². The number of methoxy groups -OCH3 is 2. The third kappa shape index (κ3) is 1.70. The van der Waals surface area contributed by atoms with E-state index in [0.717, 1.165) is 6.54 Å². The fourth-order valence-corrected chi connectivity index (χ4v) is 1.29. The van der Waals surface area contributed by atoms with Gasteiger partial charge in [-0.25, -0.2) is 0 Å². The van der Waals surface area contributed by atoms with Crippen LogP contribution >= 0.6 is 0 Å². The molecule has 1 heterocycles. The quantitative estimate of drug-likeness (QED) is 0.546. The Morgan fingerprint density at radius 1 is 1.45 bits per heavy atom. The van der Waals surface area contributed by atoms with Crippen LogP contribution in [0.15, 0.2) is 0 Å². The molecule has 64 valence electrons. The van der Waals surface area contributed by atoms with Gasteiger partial charge in [-0.05, 0) is 0 Å². The summed E-state index contributed by atoms with van der Waals surface area (Å²) >= 11 is 0. The van der Waals surface area contributed by atoms with Gasteiger partial charge in [-0.2, -0.15) is 0 Å². The van der Waals surface area contributed by atoms with Gasteiger partial charge in [0.2, 0.25) is 0 Å². The van der Waals surface area contributed by atoms with Crippen LogP contribution in [0.1, 0.15) is 0 Å². The van der Waals surface area contributed by atoms with Crippen molar-refractivity contribution < 1.29 is 14.3 Å². The number of carbonyl (C=O) groups is 1. The predicted octanol–water partition coefficient (Wildman–Crippen LogP) is -0.606. The molecule has 0 spiro atoms. The number of carbonyl (C=O) groups excluding carboxylic acids is 1. The lowest BCUT2D eigenvalue weighted by atomic mass is 10.1. The van der Waals surface area contributed by atoms with Crippen molar-refractivity contribution >= 4 is 5.97 Å². The number of rotatable bonds is 2. The SMILES string of the molecule is COC(=O)[C@H]1CNC[C@@H]1OC. The first kappa shape index (κ1) is 8.49. The Balaban J connectivity index is 2.49. The Morgan fingerprint density at radius 3 is 2.73 bits per heavy atom. The van der Waals surface area contributed by atoms with Crippen LogP contribution in [0.25, 0.3) is 0 Å². The number of ether oxygens (including phenoxy) is 2. The second kappa shape index (κ2) is 3.69. The molecule has 4 nitrogen and oxygen atoms in total. The lowest BCUT2D eigenvalue weighted by Crippen LogP contribution is -2.29. The van der Waals surface area contributed by atoms with Crippen LogP contribution < -0.4 is 5.32 Å². The molecule has 1 N–H and O–H groups in total. The Hall–Kier alpha value is -0.610. The van der Waals surface area contributed by atoms with Crippen molar-refractivity contribution in [2.75, 3.05) is 27.3 Å². The van der Waals surface area contributed by atoms with Gasteiger partial charge in [-0.1, -0.05) is 0 Å². The highest BCUT2D eigenvalue weighted by Crippen LogP contribution is 2.12. The van der Waals surface area contributed by atoms with Gasteiger partial charge < -0.3 is 14.8 Å². The van der Waals surface area contributed by atoms with E-state index in [1.165, 1.54) is 7.11 Å². The molecule has 0 aromatic rings. The molecule has 2 atom stereocenters. The average Bonchev–Trinajstić information content (AvgIpc) is 2.50. The molecule has 0 aromatic carbocycles. The maximum absolute atomic E-state index is 11.0. The van der Waals surface area contributed by atoms with Gasteiger partial charge in [0, 0.05) is 20.2 Å². The summed E-state index contributed by atoms with van der Waals surface area (Å²) in [6.07, 6.45) is -0.0255. The minimum absolute atomic E-state index is 0.0255. The number of esters is 1. The summed E-state index contributed by atoms with van der Waals surface area (Å²) < 4.78 is 9.69. The molecule has 0 radical (unpaired) electrons. The lowest BCUT2D eigenvalue weighted by Gasteiger charge is -2.13. The summed E-state index contributed by atoms with van der Waals surface area (Å²) in [5.74, 6) is -0.327. The van der Waals surface area contributed by atoms with Gasteiger partial charge in [0.15, 0.2) is 0 Å². The van der Waals surface area contributed by atoms with Crippen LogP contribution in [0.4, 0.5) is 0 Å². The molecule has 0 unspecified atom stereocenters. The molecule has 0 bridgehead atoms. The van der Waals surface area contributed by atoms with Crippen molar-refractivity contribution in [2.45, 2.75) is 6.10 Å². The lowest BCUT2D eigenvalue weighted by molar-refractivity contribution is -0.148. The summed E-state index contributed by atoms with van der Waals surface area (Å²) in [5.41, 5.74) is 0. The summed E-state index contributed by atoms with van der Waals surface area (Å²) in [4.78, 5) is 11.0. The highest BCUT2D eigenvalue weighted by molar-refractivity contribution is 5.73. The van der Waals surface area contributed by atoms with Crippen LogP contribution in [-0.4, -0.2) is 39.4 Å². The van der Waals surface area contributed by atoms with Gasteiger partial charge in [-0.15, -0.1) is 0 Å². The van der Waals surface area contributed by atoms with E-state index in [2.05, 4.69) is 10.1 Å². The van der Waals surface area contributed by atoms with Crippen LogP contribution in [0.2, 0.25) is 0 Å². The van der Waals surface area contributed by atoms with Crippen LogP contribution in [-0.2, 0) is 14.3 Å². The van der Waals surface area contributed by atoms with E-state index in [1.807, 2.05) is 0 Å². The van der Waals surface area contributed by atoms with E-state index in [4.69, 9.17) is 4.74 Å². The highest BCUT2D eigenvalue weighted by Gasteiger charge is 2.33. The topological polar surface area (TPSA) is 47.6 Å². The van der Waals surface area contributed by atoms with E-state index in [9.17, 15) is 4.79 Å². The molecule has 1 fully saturated rings. The number of hydrogen-bond donors (Lipinski definition) is 1. The molecular formula is C7H13NO3. The Morgan fingerprint density at radius 2 is 2.18 bits per heavy atom. The molecule has 0 aromatic heterocycles. The second-order valence-corrected chi connectivity index (χ2v) is 2.56. The summed E-state index contributed by atoms with van der Waals surface area (Å²) in [7, 11) is 3.00. The normalized spacial score (nSPS) is 30.4. The molecule has 0 saturated carbocycles. The molecule has 1 saturated heterocycles. The van der Waals surface area contributed by atoms with E-state index in [1.54, 1.807) is 7.11 Å². The fraction of sp³-hybridized carbons (Fsp3) is 0.857. The summed E-state index contributed by atoms with van der Waals surface area (Å²) in [5, 5.41) is 3.06. The smallest absolute Gasteiger partial charge is 0.312 e. The third-order valence-electron chi connectivity index (χ3n) is 1.97. The zero-order chi connectivity index (χ0) is 8.27. The number of nitrogens with one attached hydrogen (secondary N) is 1. The van der Waals surface area contributed by atoms with Crippen molar-refractivity contribution in [3.63, 3.8) is 0 Å². The van der Waals surface area contributed by atoms with Gasteiger partial charge in [0.1, 0.15) is 0 Å². The highest BCUT2D eigenvalue weighted by atomic mass is 16.5. The van der Waals surface area contributed by atoms with Crippen molar-refractivity contribution in [1.82, 2.24) is 5.32 Å². The van der Waals surface area contributed by atoms with E-state index in [0.29, 0.717) is 6.54 Å². The van der Waals surface area contributed by atoms with Crippen molar-refractivity contribution in [3.05, 3.63) is 0 Å². The summed E-state index contributed by atoms with van der Waals surface area (Å²) in [6, 6.07) is 0. The largest absolute Gasteiger partial charge is 0.469 e. The predicted molar refractivity (Wildman–Crippen MR) is 39.2 cm³/mol. The summed E-state index contributed by atoms with van der Waals surface area (Å²) in [6.45, 7) is 1.39. The molecule has 11 heavy (non-hydrogen) atoms. The van der Waals surface area contributed by atoms with Crippen molar-refractivity contribution in [2.24, 2.45) is 5.92 Å². The first-order valence-corrected chi connectivity index (χ1v) is 3.61. The van der Waals surface area contributed by atoms with Crippen LogP contribution in [0.5, 0.6) is 0 Å². The van der Waals surface area contributed by atoms with Gasteiger partial charge in [0.25, 0.3) is 0 Å². The van der Waals surface area contributed by atoms with E-state index >= 15 is 0 Å². The van der Waals surface area contributed by atoms with Crippen LogP contribution in [0, 0.1) is 5.92 Å². The Labute approximate surface area is 65.9 Å². The van der Waals surface area contributed by atoms with E-state index in [-0.39, 0.29) is 18.0 Å². The van der Waals surface area contributed by atoms with Crippen molar-refractivity contribution in [1.29, 1.82) is 0 Å². The minimum atomic E-state index is -0.193. The molecule has 0 aliphatic carbocycles. The zero-order valence-electron chi connectivity index (χ0n) is 6.79. The first-order valence-electron chi connectivity index (χ1n) is 3.61. The van der Waals surface area contributed by atoms with Crippen molar-refractivity contribution in [3.8, 4) is 0 Å². The third-order valence-corrected chi connectivity index (χ3v) is 1.97. The Bertz CT molecular complexity index is 149. The van der Waals surface area contributed by atoms with Gasteiger partial charge in [-0.3, -0.25) is 4.79 Å². The number of hydrogen-bond acceptors (Lipinski definition) is 4. The second-order valence-electron chi connectivity index (χ2n) is 2.56. The maximum atomic E-state index is 11.0. The molecule has 1 aliphatic heterocycles. The molecule has 4 heteroatoms. The van der Waals surface area contributed by atoms with Crippen LogP contribution in [0.3, 0.4) is 0 Å². The molecule has 1 rings (SSSR count). The fourth-order valence-electron chi connectivity index (χ4n) is 1.29. The minimum Gasteiger partial charge on any atom is -0.469 e. The van der Waals surface area contributed by atoms with Gasteiger partial charge >= 0.3 is 5.97 Å². The molecule has 1 aliphatic rings. The molecule has 0 amide bonds. The standard InChI is InChI=1S/C7H13NO3/c1-10-6-4-8-3-5(6)7(9)11-2/h5-6,8H,3-4H2,1-2H3/t5-,6-/m0/s1. The maximum Gasteiger partial charge on any atom is 0.312 e. The Kier molecular flexibility index (Phi) is 2.84. The first-order chi connectivity index (χ1) is 5.29. The molecular weight excluding hydrogens is 146 g/mol. The monoisotopic (exact) mass is 159 g/mol. The van der Waals surface area contributed by atoms with E-state index < -0.39 is 0 Å². The zero-order valence-corrected chi connectivity index (χ0v) is 6.79.